The van der Waals surface area contributed by atoms with Gasteiger partial charge in [-0.3, -0.25) is 4.99 Å². The predicted molar refractivity (Wildman–Crippen MR) is 149 cm³/mol. The molecule has 3 heterocycles. The molecule has 5 heteroatoms. The van der Waals surface area contributed by atoms with Crippen LogP contribution in [-0.4, -0.2) is 25.6 Å². The summed E-state index contributed by atoms with van der Waals surface area (Å²) in [6, 6.07) is 29.3. The first-order valence-electron chi connectivity index (χ1n) is 12.2. The van der Waals surface area contributed by atoms with E-state index in [0.717, 1.165) is 56.8 Å². The number of aromatic nitrogens is 4. The standard InChI is InChI=1S/C21H16N4.C10H11N/c1-13-22-17-9-7-15(11-19(17)23-13)16-8-10-18-20(12-16)25-21(24-18)14-5-3-2-4-6-14;1-7-3-4-9-6-8(2)11-10(9)5-7/h2-12H,1H3,(H,22,23)(H,24,25);3-5H,6H2,1-2H3. The minimum Gasteiger partial charge on any atom is -0.342 e. The fraction of sp³-hybridized carbons (Fsp3) is 0.129. The molecule has 1 aliphatic heterocycles. The first-order valence-corrected chi connectivity index (χ1v) is 12.2. The largest absolute Gasteiger partial charge is 0.342 e. The van der Waals surface area contributed by atoms with Crippen LogP contribution in [0.15, 0.2) is 89.9 Å². The fourth-order valence-electron chi connectivity index (χ4n) is 4.69. The smallest absolute Gasteiger partial charge is 0.138 e. The molecule has 0 aliphatic carbocycles. The van der Waals surface area contributed by atoms with Gasteiger partial charge in [0.05, 0.1) is 27.8 Å². The molecule has 36 heavy (non-hydrogen) atoms. The highest BCUT2D eigenvalue weighted by molar-refractivity contribution is 5.92. The third kappa shape index (κ3) is 4.31. The number of imidazole rings is 2. The van der Waals surface area contributed by atoms with Crippen molar-refractivity contribution in [2.24, 2.45) is 4.99 Å². The minimum absolute atomic E-state index is 0.896. The van der Waals surface area contributed by atoms with Gasteiger partial charge in [0.1, 0.15) is 11.6 Å². The van der Waals surface area contributed by atoms with Gasteiger partial charge in [-0.2, -0.15) is 0 Å². The molecule has 0 saturated heterocycles. The zero-order valence-corrected chi connectivity index (χ0v) is 20.6. The van der Waals surface area contributed by atoms with E-state index in [1.807, 2.05) is 25.1 Å². The van der Waals surface area contributed by atoms with Crippen molar-refractivity contribution in [3.8, 4) is 22.5 Å². The molecule has 4 aromatic carbocycles. The van der Waals surface area contributed by atoms with Gasteiger partial charge in [0, 0.05) is 17.7 Å². The van der Waals surface area contributed by atoms with Crippen LogP contribution in [0.5, 0.6) is 0 Å². The number of fused-ring (bicyclic) bond motifs is 3. The summed E-state index contributed by atoms with van der Waals surface area (Å²) in [5.74, 6) is 1.83. The Balaban J connectivity index is 0.000000183. The van der Waals surface area contributed by atoms with E-state index >= 15 is 0 Å². The molecule has 0 unspecified atom stereocenters. The van der Waals surface area contributed by atoms with Crippen LogP contribution in [0.3, 0.4) is 0 Å². The zero-order chi connectivity index (χ0) is 24.6. The van der Waals surface area contributed by atoms with Crippen molar-refractivity contribution < 1.29 is 0 Å². The van der Waals surface area contributed by atoms with Crippen LogP contribution in [0.1, 0.15) is 23.9 Å². The van der Waals surface area contributed by atoms with Gasteiger partial charge in [0.2, 0.25) is 0 Å². The van der Waals surface area contributed by atoms with Crippen LogP contribution >= 0.6 is 0 Å². The molecule has 0 radical (unpaired) electrons. The summed E-state index contributed by atoms with van der Waals surface area (Å²) >= 11 is 0. The van der Waals surface area contributed by atoms with Crippen LogP contribution < -0.4 is 0 Å². The predicted octanol–water partition coefficient (Wildman–Crippen LogP) is 7.73. The number of rotatable bonds is 2. The number of aromatic amines is 2. The second kappa shape index (κ2) is 8.93. The van der Waals surface area contributed by atoms with E-state index < -0.39 is 0 Å². The van der Waals surface area contributed by atoms with E-state index in [-0.39, 0.29) is 0 Å². The molecule has 5 nitrogen and oxygen atoms in total. The van der Waals surface area contributed by atoms with Crippen LogP contribution in [0.2, 0.25) is 0 Å². The van der Waals surface area contributed by atoms with Gasteiger partial charge in [-0.15, -0.1) is 0 Å². The Morgan fingerprint density at radius 2 is 1.33 bits per heavy atom. The van der Waals surface area contributed by atoms with E-state index in [2.05, 4.69) is 101 Å². The molecule has 7 rings (SSSR count). The number of benzene rings is 4. The summed E-state index contributed by atoms with van der Waals surface area (Å²) in [7, 11) is 0. The second-order valence-electron chi connectivity index (χ2n) is 9.39. The zero-order valence-electron chi connectivity index (χ0n) is 20.6. The minimum atomic E-state index is 0.896. The topological polar surface area (TPSA) is 69.7 Å². The average molecular weight is 470 g/mol. The molecule has 0 atom stereocenters. The van der Waals surface area contributed by atoms with E-state index in [9.17, 15) is 0 Å². The third-order valence-electron chi connectivity index (χ3n) is 6.46. The monoisotopic (exact) mass is 469 g/mol. The Morgan fingerprint density at radius 3 is 2.08 bits per heavy atom. The van der Waals surface area contributed by atoms with Crippen molar-refractivity contribution in [1.29, 1.82) is 0 Å². The van der Waals surface area contributed by atoms with Crippen molar-refractivity contribution in [3.63, 3.8) is 0 Å². The summed E-state index contributed by atoms with van der Waals surface area (Å²) in [5, 5.41) is 0. The van der Waals surface area contributed by atoms with Crippen molar-refractivity contribution in [2.75, 3.05) is 0 Å². The second-order valence-corrected chi connectivity index (χ2v) is 9.39. The van der Waals surface area contributed by atoms with Gasteiger partial charge in [-0.1, -0.05) is 54.6 Å². The lowest BCUT2D eigenvalue weighted by atomic mass is 10.0. The Bertz CT molecular complexity index is 1740. The molecule has 0 amide bonds. The third-order valence-corrected chi connectivity index (χ3v) is 6.46. The highest BCUT2D eigenvalue weighted by atomic mass is 14.9. The molecule has 1 aliphatic rings. The molecule has 2 aromatic heterocycles. The van der Waals surface area contributed by atoms with E-state index in [4.69, 9.17) is 4.98 Å². The summed E-state index contributed by atoms with van der Waals surface area (Å²) in [6.45, 7) is 6.15. The quantitative estimate of drug-likeness (QED) is 0.272. The van der Waals surface area contributed by atoms with Crippen LogP contribution in [0.25, 0.3) is 44.6 Å². The summed E-state index contributed by atoms with van der Waals surface area (Å²) in [4.78, 5) is 20.3. The summed E-state index contributed by atoms with van der Waals surface area (Å²) < 4.78 is 0. The molecule has 6 aromatic rings. The molecular weight excluding hydrogens is 442 g/mol. The maximum absolute atomic E-state index is 4.70. The number of H-pyrrole nitrogens is 2. The normalized spacial score (nSPS) is 12.4. The fourth-order valence-corrected chi connectivity index (χ4v) is 4.69. The molecular formula is C31H27N5. The number of nitrogens with one attached hydrogen (secondary N) is 2. The molecule has 0 bridgehead atoms. The van der Waals surface area contributed by atoms with Gasteiger partial charge >= 0.3 is 0 Å². The molecule has 0 spiro atoms. The van der Waals surface area contributed by atoms with E-state index in [1.165, 1.54) is 22.5 Å². The summed E-state index contributed by atoms with van der Waals surface area (Å²) in [5.41, 5.74) is 12.5. The number of aliphatic imine (C=N–C) groups is 1. The van der Waals surface area contributed by atoms with Gasteiger partial charge in [-0.25, -0.2) is 9.97 Å². The first kappa shape index (κ1) is 22.0. The van der Waals surface area contributed by atoms with Gasteiger partial charge in [-0.05, 0) is 73.4 Å². The first-order chi connectivity index (χ1) is 17.5. The van der Waals surface area contributed by atoms with E-state index in [0.29, 0.717) is 0 Å². The lowest BCUT2D eigenvalue weighted by Crippen LogP contribution is -1.87. The lowest BCUT2D eigenvalue weighted by Gasteiger charge is -2.01. The number of aryl methyl sites for hydroxylation is 2. The van der Waals surface area contributed by atoms with Gasteiger partial charge in [0.15, 0.2) is 0 Å². The molecule has 176 valence electrons. The number of hydrogen-bond acceptors (Lipinski definition) is 3. The molecule has 0 fully saturated rings. The Morgan fingerprint density at radius 1 is 0.639 bits per heavy atom. The maximum Gasteiger partial charge on any atom is 0.138 e. The van der Waals surface area contributed by atoms with Crippen LogP contribution in [-0.2, 0) is 6.42 Å². The van der Waals surface area contributed by atoms with E-state index in [1.54, 1.807) is 0 Å². The van der Waals surface area contributed by atoms with Crippen molar-refractivity contribution in [1.82, 2.24) is 19.9 Å². The van der Waals surface area contributed by atoms with Crippen LogP contribution in [0, 0.1) is 13.8 Å². The van der Waals surface area contributed by atoms with Gasteiger partial charge < -0.3 is 9.97 Å². The van der Waals surface area contributed by atoms with Crippen molar-refractivity contribution in [2.45, 2.75) is 27.2 Å². The number of nitrogens with zero attached hydrogens (tertiary/aromatic N) is 3. The average Bonchev–Trinajstić information content (AvgIpc) is 3.58. The molecule has 0 saturated carbocycles. The van der Waals surface area contributed by atoms with Crippen molar-refractivity contribution >= 4 is 33.5 Å². The highest BCUT2D eigenvalue weighted by Crippen LogP contribution is 2.28. The van der Waals surface area contributed by atoms with Gasteiger partial charge in [0.25, 0.3) is 0 Å². The Labute approximate surface area is 210 Å². The maximum atomic E-state index is 4.70. The molecule has 2 N–H and O–H groups in total. The Hall–Kier alpha value is -4.51. The van der Waals surface area contributed by atoms with Crippen molar-refractivity contribution in [3.05, 3.63) is 102 Å². The number of hydrogen-bond donors (Lipinski definition) is 2. The highest BCUT2D eigenvalue weighted by Gasteiger charge is 2.10. The van der Waals surface area contributed by atoms with Crippen LogP contribution in [0.4, 0.5) is 5.69 Å². The SMILES string of the molecule is CC1=Nc2cc(C)ccc2C1.Cc1nc2ccc(-c3ccc4nc(-c5ccccc5)[nH]c4c3)cc2[nH]1. The lowest BCUT2D eigenvalue weighted by molar-refractivity contribution is 1.17. The Kier molecular flexibility index (Phi) is 5.45. The summed E-state index contributed by atoms with van der Waals surface area (Å²) in [6.07, 6.45) is 1.04.